The van der Waals surface area contributed by atoms with E-state index in [-0.39, 0.29) is 16.3 Å². The van der Waals surface area contributed by atoms with Crippen LogP contribution in [-0.2, 0) is 10.1 Å². The van der Waals surface area contributed by atoms with Crippen LogP contribution in [0.4, 0.5) is 0 Å². The van der Waals surface area contributed by atoms with E-state index in [2.05, 4.69) is 0 Å². The second kappa shape index (κ2) is 6.27. The quantitative estimate of drug-likeness (QED) is 0.790. The predicted octanol–water partition coefficient (Wildman–Crippen LogP) is 2.50. The summed E-state index contributed by atoms with van der Waals surface area (Å²) >= 11 is 5.67. The van der Waals surface area contributed by atoms with Crippen molar-refractivity contribution < 1.29 is 32.4 Å². The third kappa shape index (κ3) is 3.61. The van der Waals surface area contributed by atoms with E-state index >= 15 is 0 Å². The van der Waals surface area contributed by atoms with Gasteiger partial charge in [0, 0.05) is 0 Å². The van der Waals surface area contributed by atoms with Gasteiger partial charge >= 0.3 is 22.1 Å². The zero-order valence-corrected chi connectivity index (χ0v) is 12.8. The van der Waals surface area contributed by atoms with E-state index in [0.717, 1.165) is 18.2 Å². The summed E-state index contributed by atoms with van der Waals surface area (Å²) in [5.41, 5.74) is -0.758. The SMILES string of the molecule is O=C(O)c1cc(S(=O)(=O)Oc2ccccc2C(=O)O)ccc1Cl. The standard InChI is InChI=1S/C14H9ClO7S/c15-11-6-5-8(7-10(11)14(18)19)23(20,21)22-12-4-2-1-3-9(12)13(16)17/h1-7H,(H,16,17)(H,18,19). The van der Waals surface area contributed by atoms with Crippen LogP contribution >= 0.6 is 11.6 Å². The molecule has 0 aliphatic rings. The lowest BCUT2D eigenvalue weighted by Crippen LogP contribution is -2.13. The van der Waals surface area contributed by atoms with Crippen molar-refractivity contribution in [1.82, 2.24) is 0 Å². The number of carbonyl (C=O) groups is 2. The summed E-state index contributed by atoms with van der Waals surface area (Å²) in [7, 11) is -4.43. The number of benzene rings is 2. The molecule has 0 unspecified atom stereocenters. The van der Waals surface area contributed by atoms with Crippen molar-refractivity contribution in [3.05, 3.63) is 58.6 Å². The number of carboxylic acid groups (broad SMARTS) is 2. The van der Waals surface area contributed by atoms with E-state index in [4.69, 9.17) is 26.0 Å². The van der Waals surface area contributed by atoms with Crippen LogP contribution in [0.5, 0.6) is 5.75 Å². The Bertz CT molecular complexity index is 890. The average Bonchev–Trinajstić information content (AvgIpc) is 2.47. The van der Waals surface area contributed by atoms with Gasteiger partial charge in [-0.15, -0.1) is 0 Å². The number of hydrogen-bond donors (Lipinski definition) is 2. The third-order valence-corrected chi connectivity index (χ3v) is 4.33. The summed E-state index contributed by atoms with van der Waals surface area (Å²) < 4.78 is 29.2. The van der Waals surface area contributed by atoms with Crippen molar-refractivity contribution in [2.45, 2.75) is 4.90 Å². The molecule has 0 heterocycles. The summed E-state index contributed by atoms with van der Waals surface area (Å²) in [6, 6.07) is 8.17. The van der Waals surface area contributed by atoms with Crippen LogP contribution in [0.3, 0.4) is 0 Å². The van der Waals surface area contributed by atoms with E-state index in [1.807, 2.05) is 0 Å². The number of hydrogen-bond acceptors (Lipinski definition) is 5. The molecule has 9 heteroatoms. The Morgan fingerprint density at radius 3 is 2.17 bits per heavy atom. The minimum atomic E-state index is -4.43. The maximum atomic E-state index is 12.2. The van der Waals surface area contributed by atoms with Gasteiger partial charge in [-0.2, -0.15) is 8.42 Å². The fourth-order valence-corrected chi connectivity index (χ4v) is 2.88. The average molecular weight is 357 g/mol. The first-order valence-electron chi connectivity index (χ1n) is 6.02. The molecule has 0 aliphatic carbocycles. The van der Waals surface area contributed by atoms with Gasteiger partial charge in [0.1, 0.15) is 10.5 Å². The van der Waals surface area contributed by atoms with Gasteiger partial charge in [0.05, 0.1) is 10.6 Å². The van der Waals surface area contributed by atoms with Crippen LogP contribution < -0.4 is 4.18 Å². The van der Waals surface area contributed by atoms with Crippen LogP contribution in [0, 0.1) is 0 Å². The molecule has 2 rings (SSSR count). The van der Waals surface area contributed by atoms with Crippen molar-refractivity contribution >= 4 is 33.7 Å². The van der Waals surface area contributed by atoms with Crippen molar-refractivity contribution in [3.63, 3.8) is 0 Å². The molecule has 2 N–H and O–H groups in total. The summed E-state index contributed by atoms with van der Waals surface area (Å²) in [6.07, 6.45) is 0. The normalized spacial score (nSPS) is 11.0. The van der Waals surface area contributed by atoms with Gasteiger partial charge in [-0.3, -0.25) is 0 Å². The van der Waals surface area contributed by atoms with Gasteiger partial charge < -0.3 is 14.4 Å². The van der Waals surface area contributed by atoms with Gasteiger partial charge in [-0.1, -0.05) is 23.7 Å². The molecule has 2 aromatic rings. The van der Waals surface area contributed by atoms with Crippen molar-refractivity contribution in [2.24, 2.45) is 0 Å². The fourth-order valence-electron chi connectivity index (χ4n) is 1.71. The maximum Gasteiger partial charge on any atom is 0.339 e. The van der Waals surface area contributed by atoms with E-state index in [9.17, 15) is 18.0 Å². The highest BCUT2D eigenvalue weighted by Crippen LogP contribution is 2.25. The Hall–Kier alpha value is -2.58. The lowest BCUT2D eigenvalue weighted by molar-refractivity contribution is 0.0685. The number of carboxylic acids is 2. The van der Waals surface area contributed by atoms with E-state index in [1.54, 1.807) is 0 Å². The second-order valence-corrected chi connectivity index (χ2v) is 6.24. The molecule has 0 atom stereocenters. The summed E-state index contributed by atoms with van der Waals surface area (Å²) in [4.78, 5) is 21.6. The largest absolute Gasteiger partial charge is 0.478 e. The van der Waals surface area contributed by atoms with Gasteiger partial charge in [-0.05, 0) is 30.3 Å². The summed E-state index contributed by atoms with van der Waals surface area (Å²) in [6.45, 7) is 0. The van der Waals surface area contributed by atoms with Crippen molar-refractivity contribution in [1.29, 1.82) is 0 Å². The lowest BCUT2D eigenvalue weighted by Gasteiger charge is -2.10. The molecule has 2 aromatic carbocycles. The highest BCUT2D eigenvalue weighted by atomic mass is 35.5. The van der Waals surface area contributed by atoms with Crippen LogP contribution in [0.25, 0.3) is 0 Å². The van der Waals surface area contributed by atoms with Gasteiger partial charge in [-0.25, -0.2) is 9.59 Å². The fraction of sp³-hybridized carbons (Fsp3) is 0. The predicted molar refractivity (Wildman–Crippen MR) is 79.6 cm³/mol. The molecule has 0 aliphatic heterocycles. The molecule has 7 nitrogen and oxygen atoms in total. The molecular weight excluding hydrogens is 348 g/mol. The minimum Gasteiger partial charge on any atom is -0.478 e. The first-order valence-corrected chi connectivity index (χ1v) is 7.80. The van der Waals surface area contributed by atoms with Crippen molar-refractivity contribution in [2.75, 3.05) is 0 Å². The number of aromatic carboxylic acids is 2. The highest BCUT2D eigenvalue weighted by Gasteiger charge is 2.23. The Morgan fingerprint density at radius 2 is 1.57 bits per heavy atom. The monoisotopic (exact) mass is 356 g/mol. The smallest absolute Gasteiger partial charge is 0.339 e. The van der Waals surface area contributed by atoms with E-state index < -0.39 is 32.5 Å². The van der Waals surface area contributed by atoms with E-state index in [0.29, 0.717) is 0 Å². The van der Waals surface area contributed by atoms with Gasteiger partial charge in [0.25, 0.3) is 0 Å². The Morgan fingerprint density at radius 1 is 0.957 bits per heavy atom. The second-order valence-electron chi connectivity index (χ2n) is 4.29. The Balaban J connectivity index is 2.47. The maximum absolute atomic E-state index is 12.2. The molecule has 0 amide bonds. The molecule has 0 saturated carbocycles. The molecule has 0 saturated heterocycles. The van der Waals surface area contributed by atoms with Crippen LogP contribution in [0.1, 0.15) is 20.7 Å². The number of para-hydroxylation sites is 1. The third-order valence-electron chi connectivity index (χ3n) is 2.77. The Labute approximate surface area is 135 Å². The zero-order valence-electron chi connectivity index (χ0n) is 11.3. The van der Waals surface area contributed by atoms with Gasteiger partial charge in [0.2, 0.25) is 0 Å². The first-order chi connectivity index (χ1) is 10.7. The summed E-state index contributed by atoms with van der Waals surface area (Å²) in [5, 5.41) is 17.8. The van der Waals surface area contributed by atoms with E-state index in [1.165, 1.54) is 24.3 Å². The Kier molecular flexibility index (Phi) is 4.57. The minimum absolute atomic E-state index is 0.137. The van der Waals surface area contributed by atoms with Crippen LogP contribution in [0.15, 0.2) is 47.4 Å². The molecule has 0 fully saturated rings. The highest BCUT2D eigenvalue weighted by molar-refractivity contribution is 7.87. The molecule has 0 spiro atoms. The molecule has 0 bridgehead atoms. The zero-order chi connectivity index (χ0) is 17.2. The number of halogens is 1. The molecule has 0 radical (unpaired) electrons. The molecular formula is C14H9ClO7S. The van der Waals surface area contributed by atoms with Crippen LogP contribution in [-0.4, -0.2) is 30.6 Å². The van der Waals surface area contributed by atoms with Crippen LogP contribution in [0.2, 0.25) is 5.02 Å². The summed E-state index contributed by atoms with van der Waals surface area (Å²) in [5.74, 6) is -3.15. The lowest BCUT2D eigenvalue weighted by atomic mass is 10.2. The number of rotatable bonds is 5. The molecule has 23 heavy (non-hydrogen) atoms. The first kappa shape index (κ1) is 16.8. The molecule has 120 valence electrons. The van der Waals surface area contributed by atoms with Gasteiger partial charge in [0.15, 0.2) is 5.75 Å². The topological polar surface area (TPSA) is 118 Å². The molecule has 0 aromatic heterocycles. The van der Waals surface area contributed by atoms with Crippen molar-refractivity contribution in [3.8, 4) is 5.75 Å².